The third kappa shape index (κ3) is 3.69. The van der Waals surface area contributed by atoms with Crippen LogP contribution in [0, 0.1) is 11.8 Å². The van der Waals surface area contributed by atoms with E-state index in [2.05, 4.69) is 50.8 Å². The third-order valence-corrected chi connectivity index (χ3v) is 10.3. The number of carbonyl (C=O) groups is 1. The average molecular weight is 307 g/mol. The largest absolute Gasteiger partial charge is 0.415 e. The van der Waals surface area contributed by atoms with Crippen molar-refractivity contribution >= 4 is 21.9 Å². The number of nitrogens with zero attached hydrogens (tertiary/aromatic N) is 1. The van der Waals surface area contributed by atoms with Gasteiger partial charge in [-0.2, -0.15) is 0 Å². The SMILES string of the molecule is CC(C)(C)[Si](C)(C)OC[C@@H]1C2CC=CCC2CN1BC=O. The van der Waals surface area contributed by atoms with Crippen LogP contribution in [0.1, 0.15) is 33.6 Å². The highest BCUT2D eigenvalue weighted by molar-refractivity contribution is 6.74. The minimum absolute atomic E-state index is 0.243. The molecule has 3 nitrogen and oxygen atoms in total. The van der Waals surface area contributed by atoms with E-state index >= 15 is 0 Å². The molecule has 1 aliphatic heterocycles. The normalized spacial score (nSPS) is 30.2. The molecule has 0 saturated carbocycles. The van der Waals surface area contributed by atoms with Gasteiger partial charge in [0.15, 0.2) is 8.32 Å². The van der Waals surface area contributed by atoms with Gasteiger partial charge in [-0.25, -0.2) is 0 Å². The molecule has 3 atom stereocenters. The van der Waals surface area contributed by atoms with Gasteiger partial charge in [0.25, 0.3) is 7.41 Å². The van der Waals surface area contributed by atoms with Crippen LogP contribution in [-0.4, -0.2) is 45.9 Å². The standard InChI is InChI=1S/C16H30BNO2Si/c1-16(2,3)21(4,5)20-11-15-14-9-7-6-8-13(14)10-18(15)17-12-19/h6-7,12-15,17H,8-11H2,1-5H3/t13?,14?,15-/m1/s1. The van der Waals surface area contributed by atoms with Crippen molar-refractivity contribution in [1.82, 2.24) is 4.81 Å². The number of carbonyl (C=O) groups excluding carboxylic acids is 1. The summed E-state index contributed by atoms with van der Waals surface area (Å²) in [4.78, 5) is 13.3. The molecule has 5 heteroatoms. The Labute approximate surface area is 131 Å². The Morgan fingerprint density at radius 1 is 1.33 bits per heavy atom. The molecule has 2 aliphatic rings. The maximum absolute atomic E-state index is 11.0. The summed E-state index contributed by atoms with van der Waals surface area (Å²) in [5.74, 6) is 1.38. The topological polar surface area (TPSA) is 29.5 Å². The smallest absolute Gasteiger partial charge is 0.281 e. The van der Waals surface area contributed by atoms with Crippen molar-refractivity contribution in [2.45, 2.75) is 57.8 Å². The molecule has 0 aromatic carbocycles. The lowest BCUT2D eigenvalue weighted by Gasteiger charge is -2.39. The van der Waals surface area contributed by atoms with Crippen LogP contribution in [0.4, 0.5) is 0 Å². The quantitative estimate of drug-likeness (QED) is 0.444. The molecule has 0 aromatic rings. The Balaban J connectivity index is 2.04. The summed E-state index contributed by atoms with van der Waals surface area (Å²) in [5, 5.41) is 0.243. The summed E-state index contributed by atoms with van der Waals surface area (Å²) in [6.45, 7) is 13.3. The van der Waals surface area contributed by atoms with E-state index in [1.165, 1.54) is 0 Å². The fourth-order valence-electron chi connectivity index (χ4n) is 3.33. The number of hydrogen-bond acceptors (Lipinski definition) is 3. The molecule has 0 radical (unpaired) electrons. The van der Waals surface area contributed by atoms with Gasteiger partial charge in [-0.15, -0.1) is 0 Å². The molecule has 1 heterocycles. The summed E-state index contributed by atoms with van der Waals surface area (Å²) in [6.07, 6.45) is 7.97. The van der Waals surface area contributed by atoms with Gasteiger partial charge >= 0.3 is 0 Å². The second kappa shape index (κ2) is 6.39. The van der Waals surface area contributed by atoms with Crippen LogP contribution in [0.3, 0.4) is 0 Å². The maximum Gasteiger partial charge on any atom is 0.281 e. The first-order valence-electron chi connectivity index (χ1n) is 8.23. The first-order valence-corrected chi connectivity index (χ1v) is 11.1. The zero-order chi connectivity index (χ0) is 15.7. The molecule has 0 aromatic heterocycles. The maximum atomic E-state index is 11.0. The van der Waals surface area contributed by atoms with Crippen LogP contribution >= 0.6 is 0 Å². The van der Waals surface area contributed by atoms with E-state index in [1.807, 2.05) is 0 Å². The van der Waals surface area contributed by atoms with Crippen LogP contribution in [0.5, 0.6) is 0 Å². The molecule has 0 spiro atoms. The van der Waals surface area contributed by atoms with Gasteiger partial charge in [0.2, 0.25) is 0 Å². The van der Waals surface area contributed by atoms with Gasteiger partial charge in [-0.05, 0) is 49.4 Å². The van der Waals surface area contributed by atoms with Gasteiger partial charge in [0.05, 0.1) is 6.19 Å². The number of hydrogen-bond donors (Lipinski definition) is 0. The Bertz CT molecular complexity index is 406. The summed E-state index contributed by atoms with van der Waals surface area (Å²) in [6, 6.07) is 0.416. The second-order valence-electron chi connectivity index (χ2n) is 8.13. The monoisotopic (exact) mass is 307 g/mol. The van der Waals surface area contributed by atoms with Gasteiger partial charge in [0.1, 0.15) is 0 Å². The van der Waals surface area contributed by atoms with E-state index < -0.39 is 8.32 Å². The molecule has 118 valence electrons. The number of allylic oxidation sites excluding steroid dienone is 2. The van der Waals surface area contributed by atoms with Gasteiger partial charge in [-0.1, -0.05) is 32.9 Å². The highest BCUT2D eigenvalue weighted by atomic mass is 28.4. The van der Waals surface area contributed by atoms with Crippen LogP contribution in [0.25, 0.3) is 0 Å². The molecule has 0 amide bonds. The fourth-order valence-corrected chi connectivity index (χ4v) is 4.35. The zero-order valence-electron chi connectivity index (χ0n) is 14.3. The number of rotatable bonds is 5. The van der Waals surface area contributed by atoms with E-state index in [9.17, 15) is 4.79 Å². The molecule has 21 heavy (non-hydrogen) atoms. The van der Waals surface area contributed by atoms with E-state index in [1.54, 1.807) is 0 Å². The molecule has 1 saturated heterocycles. The van der Waals surface area contributed by atoms with Crippen molar-refractivity contribution in [3.63, 3.8) is 0 Å². The predicted molar refractivity (Wildman–Crippen MR) is 92.9 cm³/mol. The highest BCUT2D eigenvalue weighted by Crippen LogP contribution is 2.40. The van der Waals surface area contributed by atoms with Crippen LogP contribution in [0.15, 0.2) is 12.2 Å². The van der Waals surface area contributed by atoms with E-state index in [-0.39, 0.29) is 5.04 Å². The Hall–Kier alpha value is -0.388. The predicted octanol–water partition coefficient (Wildman–Crippen LogP) is 2.82. The molecule has 0 bridgehead atoms. The lowest BCUT2D eigenvalue weighted by atomic mass is 9.82. The van der Waals surface area contributed by atoms with Crippen molar-refractivity contribution in [1.29, 1.82) is 0 Å². The molecule has 1 aliphatic carbocycles. The van der Waals surface area contributed by atoms with E-state index in [0.717, 1.165) is 32.2 Å². The van der Waals surface area contributed by atoms with Crippen molar-refractivity contribution in [2.24, 2.45) is 11.8 Å². The van der Waals surface area contributed by atoms with Crippen LogP contribution < -0.4 is 0 Å². The minimum atomic E-state index is -1.71. The van der Waals surface area contributed by atoms with Gasteiger partial charge in [0, 0.05) is 12.6 Å². The lowest BCUT2D eigenvalue weighted by molar-refractivity contribution is 0.184. The van der Waals surface area contributed by atoms with Gasteiger partial charge in [-0.3, -0.25) is 0 Å². The van der Waals surface area contributed by atoms with Crippen LogP contribution in [0.2, 0.25) is 18.1 Å². The van der Waals surface area contributed by atoms with Gasteiger partial charge < -0.3 is 14.0 Å². The summed E-state index contributed by atoms with van der Waals surface area (Å²) in [5.41, 5.74) is 0. The highest BCUT2D eigenvalue weighted by Gasteiger charge is 2.44. The fraction of sp³-hybridized carbons (Fsp3) is 0.812. The lowest BCUT2D eigenvalue weighted by Crippen LogP contribution is -2.47. The Morgan fingerprint density at radius 3 is 2.62 bits per heavy atom. The van der Waals surface area contributed by atoms with Crippen LogP contribution in [-0.2, 0) is 9.22 Å². The molecule has 1 fully saturated rings. The summed E-state index contributed by atoms with van der Waals surface area (Å²) >= 11 is 0. The third-order valence-electron chi connectivity index (χ3n) is 5.78. The van der Waals surface area contributed by atoms with E-state index in [4.69, 9.17) is 4.43 Å². The first kappa shape index (κ1) is 17.0. The molecular weight excluding hydrogens is 277 g/mol. The van der Waals surface area contributed by atoms with E-state index in [0.29, 0.717) is 25.3 Å². The zero-order valence-corrected chi connectivity index (χ0v) is 15.3. The van der Waals surface area contributed by atoms with Crippen molar-refractivity contribution in [3.05, 3.63) is 12.2 Å². The Kier molecular flexibility index (Phi) is 5.16. The minimum Gasteiger partial charge on any atom is -0.415 e. The molecular formula is C16H30BNO2Si. The molecule has 2 unspecified atom stereocenters. The average Bonchev–Trinajstić information content (AvgIpc) is 2.73. The van der Waals surface area contributed by atoms with Crippen molar-refractivity contribution < 1.29 is 9.22 Å². The molecule has 2 rings (SSSR count). The Morgan fingerprint density at radius 2 is 2.00 bits per heavy atom. The molecule has 0 N–H and O–H groups in total. The van der Waals surface area contributed by atoms with Crippen molar-refractivity contribution in [2.75, 3.05) is 13.2 Å². The summed E-state index contributed by atoms with van der Waals surface area (Å²) in [7, 11) is -1.16. The summed E-state index contributed by atoms with van der Waals surface area (Å²) < 4.78 is 6.46. The first-order chi connectivity index (χ1) is 9.76. The van der Waals surface area contributed by atoms with Crippen molar-refractivity contribution in [3.8, 4) is 0 Å². The second-order valence-corrected chi connectivity index (χ2v) is 12.9. The number of fused-ring (bicyclic) bond motifs is 1.